The molecular weight excluding hydrogens is 207 g/mol. The van der Waals surface area contributed by atoms with Gasteiger partial charge in [0.05, 0.1) is 0 Å². The summed E-state index contributed by atoms with van der Waals surface area (Å²) in [5.41, 5.74) is 3.72. The molecule has 3 heteroatoms. The Morgan fingerprint density at radius 2 is 1.73 bits per heavy atom. The van der Waals surface area contributed by atoms with E-state index in [0.717, 1.165) is 0 Å². The van der Waals surface area contributed by atoms with Crippen LogP contribution in [0.25, 0.3) is 0 Å². The highest BCUT2D eigenvalue weighted by Gasteiger charge is 2.09. The van der Waals surface area contributed by atoms with Gasteiger partial charge in [-0.3, -0.25) is 0 Å². The van der Waals surface area contributed by atoms with E-state index in [2.05, 4.69) is 31.1 Å². The van der Waals surface area contributed by atoms with Crippen LogP contribution >= 0.6 is 0 Å². The van der Waals surface area contributed by atoms with Crippen LogP contribution in [-0.4, -0.2) is 13.2 Å². The van der Waals surface area contributed by atoms with Gasteiger partial charge in [-0.2, -0.15) is 0 Å². The first-order valence-corrected chi connectivity index (χ1v) is 8.35. The van der Waals surface area contributed by atoms with Gasteiger partial charge in [-0.05, 0) is 17.7 Å². The molecule has 1 unspecified atom stereocenters. The molecule has 0 fully saturated rings. The van der Waals surface area contributed by atoms with Crippen molar-refractivity contribution >= 4 is 8.07 Å². The van der Waals surface area contributed by atoms with Gasteiger partial charge in [-0.15, -0.1) is 5.54 Å². The van der Waals surface area contributed by atoms with Gasteiger partial charge in [0.25, 0.3) is 0 Å². The van der Waals surface area contributed by atoms with Crippen molar-refractivity contribution in [3.63, 3.8) is 0 Å². The minimum absolute atomic E-state index is 0.302. The summed E-state index contributed by atoms with van der Waals surface area (Å²) in [5.74, 6) is 2.50. The number of rotatable bonds is 1. The number of hydrogen-bond donors (Lipinski definition) is 1. The van der Waals surface area contributed by atoms with Gasteiger partial charge in [0.2, 0.25) is 0 Å². The SMILES string of the molecule is C[Si](C)(C)C#CC(O)c1ccc(F)cc1. The molecule has 0 spiro atoms. The van der Waals surface area contributed by atoms with E-state index in [1.807, 2.05) is 0 Å². The average Bonchev–Trinajstić information content (AvgIpc) is 2.14. The van der Waals surface area contributed by atoms with Crippen LogP contribution < -0.4 is 0 Å². The summed E-state index contributed by atoms with van der Waals surface area (Å²) in [5, 5.41) is 9.70. The minimum atomic E-state index is -1.46. The molecule has 1 N–H and O–H groups in total. The Morgan fingerprint density at radius 3 is 2.20 bits per heavy atom. The molecule has 0 saturated heterocycles. The number of halogens is 1. The molecule has 1 aromatic carbocycles. The highest BCUT2D eigenvalue weighted by Crippen LogP contribution is 2.12. The fraction of sp³-hybridized carbons (Fsp3) is 0.333. The number of aliphatic hydroxyl groups excluding tert-OH is 1. The maximum atomic E-state index is 12.6. The second-order valence-electron chi connectivity index (χ2n) is 4.47. The fourth-order valence-electron chi connectivity index (χ4n) is 1.01. The first kappa shape index (κ1) is 12.0. The lowest BCUT2D eigenvalue weighted by atomic mass is 10.1. The lowest BCUT2D eigenvalue weighted by Crippen LogP contribution is -2.16. The Kier molecular flexibility index (Phi) is 3.67. The smallest absolute Gasteiger partial charge is 0.139 e. The standard InChI is InChI=1S/C12H15FOSi/c1-15(2,3)9-8-12(14)10-4-6-11(13)7-5-10/h4-7,12,14H,1-3H3. The maximum absolute atomic E-state index is 12.6. The number of benzene rings is 1. The number of hydrogen-bond acceptors (Lipinski definition) is 1. The van der Waals surface area contributed by atoms with Gasteiger partial charge in [-0.25, -0.2) is 4.39 Å². The van der Waals surface area contributed by atoms with E-state index in [4.69, 9.17) is 0 Å². The molecule has 0 heterocycles. The molecule has 0 aliphatic carbocycles. The van der Waals surface area contributed by atoms with Gasteiger partial charge in [-0.1, -0.05) is 37.7 Å². The minimum Gasteiger partial charge on any atom is -0.376 e. The summed E-state index contributed by atoms with van der Waals surface area (Å²) in [6.45, 7) is 6.33. The lowest BCUT2D eigenvalue weighted by Gasteiger charge is -2.06. The summed E-state index contributed by atoms with van der Waals surface area (Å²) in [6, 6.07) is 5.77. The second-order valence-corrected chi connectivity index (χ2v) is 9.22. The topological polar surface area (TPSA) is 20.2 Å². The molecule has 15 heavy (non-hydrogen) atoms. The van der Waals surface area contributed by atoms with E-state index in [0.29, 0.717) is 5.56 Å². The molecule has 0 aliphatic rings. The summed E-state index contributed by atoms with van der Waals surface area (Å²) in [6.07, 6.45) is -0.808. The molecule has 0 aliphatic heterocycles. The third-order valence-electron chi connectivity index (χ3n) is 1.77. The summed E-state index contributed by atoms with van der Waals surface area (Å²) >= 11 is 0. The zero-order valence-corrected chi connectivity index (χ0v) is 10.2. The first-order valence-electron chi connectivity index (χ1n) is 4.85. The Morgan fingerprint density at radius 1 is 1.20 bits per heavy atom. The third kappa shape index (κ3) is 4.28. The highest BCUT2D eigenvalue weighted by molar-refractivity contribution is 6.83. The molecule has 0 amide bonds. The molecule has 1 aromatic rings. The van der Waals surface area contributed by atoms with E-state index in [9.17, 15) is 9.50 Å². The van der Waals surface area contributed by atoms with E-state index in [-0.39, 0.29) is 5.82 Å². The molecule has 0 radical (unpaired) electrons. The van der Waals surface area contributed by atoms with Gasteiger partial charge in [0, 0.05) is 0 Å². The van der Waals surface area contributed by atoms with Crippen LogP contribution in [0, 0.1) is 17.3 Å². The Hall–Kier alpha value is -1.11. The first-order chi connectivity index (χ1) is 6.88. The van der Waals surface area contributed by atoms with Crippen LogP contribution in [0.5, 0.6) is 0 Å². The lowest BCUT2D eigenvalue weighted by molar-refractivity contribution is 0.238. The van der Waals surface area contributed by atoms with Crippen LogP contribution in [0.2, 0.25) is 19.6 Å². The summed E-state index contributed by atoms with van der Waals surface area (Å²) < 4.78 is 12.6. The Labute approximate surface area is 91.0 Å². The zero-order valence-electron chi connectivity index (χ0n) is 9.21. The summed E-state index contributed by atoms with van der Waals surface area (Å²) in [4.78, 5) is 0. The predicted octanol–water partition coefficient (Wildman–Crippen LogP) is 2.74. The van der Waals surface area contributed by atoms with E-state index < -0.39 is 14.2 Å². The molecule has 1 nitrogen and oxygen atoms in total. The Bertz CT molecular complexity index is 381. The van der Waals surface area contributed by atoms with Crippen LogP contribution in [-0.2, 0) is 0 Å². The summed E-state index contributed by atoms with van der Waals surface area (Å²) in [7, 11) is -1.46. The normalized spacial score (nSPS) is 12.9. The van der Waals surface area contributed by atoms with Crippen LogP contribution in [0.1, 0.15) is 11.7 Å². The van der Waals surface area contributed by atoms with Crippen molar-refractivity contribution < 1.29 is 9.50 Å². The zero-order chi connectivity index (χ0) is 11.5. The monoisotopic (exact) mass is 222 g/mol. The van der Waals surface area contributed by atoms with Crippen molar-refractivity contribution in [2.24, 2.45) is 0 Å². The number of aliphatic hydroxyl groups is 1. The van der Waals surface area contributed by atoms with Crippen LogP contribution in [0.4, 0.5) is 4.39 Å². The quantitative estimate of drug-likeness (QED) is 0.572. The van der Waals surface area contributed by atoms with Crippen LogP contribution in [0.3, 0.4) is 0 Å². The third-order valence-corrected chi connectivity index (χ3v) is 2.66. The highest BCUT2D eigenvalue weighted by atomic mass is 28.3. The molecule has 80 valence electrons. The average molecular weight is 222 g/mol. The molecular formula is C12H15FOSi. The molecule has 1 atom stereocenters. The van der Waals surface area contributed by atoms with Crippen LogP contribution in [0.15, 0.2) is 24.3 Å². The molecule has 0 aromatic heterocycles. The largest absolute Gasteiger partial charge is 0.376 e. The molecule has 0 saturated carbocycles. The van der Waals surface area contributed by atoms with Crippen molar-refractivity contribution in [1.29, 1.82) is 0 Å². The molecule has 1 rings (SSSR count). The van der Waals surface area contributed by atoms with Gasteiger partial charge < -0.3 is 5.11 Å². The van der Waals surface area contributed by atoms with Crippen molar-refractivity contribution in [2.75, 3.05) is 0 Å². The van der Waals surface area contributed by atoms with Crippen molar-refractivity contribution in [3.05, 3.63) is 35.6 Å². The predicted molar refractivity (Wildman–Crippen MR) is 62.5 cm³/mol. The van der Waals surface area contributed by atoms with E-state index in [1.54, 1.807) is 12.1 Å². The van der Waals surface area contributed by atoms with Gasteiger partial charge in [0.15, 0.2) is 0 Å². The molecule has 0 bridgehead atoms. The van der Waals surface area contributed by atoms with Gasteiger partial charge in [0.1, 0.15) is 20.0 Å². The van der Waals surface area contributed by atoms with Crippen molar-refractivity contribution in [1.82, 2.24) is 0 Å². The van der Waals surface area contributed by atoms with E-state index >= 15 is 0 Å². The van der Waals surface area contributed by atoms with Gasteiger partial charge >= 0.3 is 0 Å². The van der Waals surface area contributed by atoms with E-state index in [1.165, 1.54) is 12.1 Å². The van der Waals surface area contributed by atoms with Crippen molar-refractivity contribution in [3.8, 4) is 11.5 Å². The maximum Gasteiger partial charge on any atom is 0.139 e. The van der Waals surface area contributed by atoms with Crippen molar-refractivity contribution in [2.45, 2.75) is 25.7 Å². The second kappa shape index (κ2) is 4.60. The Balaban J connectivity index is 2.80. The fourth-order valence-corrected chi connectivity index (χ4v) is 1.58.